The van der Waals surface area contributed by atoms with Crippen LogP contribution in [0.2, 0.25) is 0 Å². The number of halogens is 2. The van der Waals surface area contributed by atoms with Gasteiger partial charge in [-0.2, -0.15) is 8.78 Å². The average molecular weight is 231 g/mol. The Bertz CT molecular complexity index is 382. The molecule has 0 aliphatic carbocycles. The summed E-state index contributed by atoms with van der Waals surface area (Å²) in [5, 5.41) is 0. The third-order valence-corrected chi connectivity index (χ3v) is 1.79. The lowest BCUT2D eigenvalue weighted by atomic mass is 10.2. The summed E-state index contributed by atoms with van der Waals surface area (Å²) in [6, 6.07) is 3.78. The van der Waals surface area contributed by atoms with Gasteiger partial charge < -0.3 is 9.47 Å². The van der Waals surface area contributed by atoms with Crippen molar-refractivity contribution in [2.45, 2.75) is 12.8 Å². The van der Waals surface area contributed by atoms with E-state index in [1.807, 2.05) is 0 Å². The van der Waals surface area contributed by atoms with Crippen LogP contribution in [0.3, 0.4) is 0 Å². The maximum atomic E-state index is 13.5. The van der Waals surface area contributed by atoms with Gasteiger partial charge in [-0.1, -0.05) is 6.07 Å². The van der Waals surface area contributed by atoms with Crippen LogP contribution in [0.15, 0.2) is 18.2 Å². The fraction of sp³-hybridized carbons (Fsp3) is 0.400. The lowest BCUT2D eigenvalue weighted by molar-refractivity contribution is -0.173. The predicted molar refractivity (Wildman–Crippen MR) is 51.3 cm³/mol. The number of aromatic nitrogens is 1. The first kappa shape index (κ1) is 12.4. The number of hydrogen-bond donors (Lipinski definition) is 0. The number of methoxy groups -OCH3 is 1. The van der Waals surface area contributed by atoms with Gasteiger partial charge in [0.25, 0.3) is 0 Å². The van der Waals surface area contributed by atoms with E-state index in [9.17, 15) is 13.6 Å². The molecule has 88 valence electrons. The van der Waals surface area contributed by atoms with Gasteiger partial charge in [-0.15, -0.1) is 0 Å². The average Bonchev–Trinajstić information content (AvgIpc) is 2.29. The topological polar surface area (TPSA) is 48.4 Å². The largest absolute Gasteiger partial charge is 0.481 e. The number of hydrogen-bond acceptors (Lipinski definition) is 4. The van der Waals surface area contributed by atoms with Gasteiger partial charge in [0.15, 0.2) is 0 Å². The Balaban J connectivity index is 3.01. The molecular weight excluding hydrogens is 220 g/mol. The van der Waals surface area contributed by atoms with Crippen molar-refractivity contribution in [2.75, 3.05) is 13.7 Å². The van der Waals surface area contributed by atoms with E-state index in [0.29, 0.717) is 0 Å². The van der Waals surface area contributed by atoms with Crippen molar-refractivity contribution < 1.29 is 23.0 Å². The van der Waals surface area contributed by atoms with E-state index in [1.165, 1.54) is 26.2 Å². The molecule has 0 radical (unpaired) electrons. The van der Waals surface area contributed by atoms with Crippen molar-refractivity contribution >= 4 is 5.97 Å². The van der Waals surface area contributed by atoms with Crippen molar-refractivity contribution in [3.63, 3.8) is 0 Å². The van der Waals surface area contributed by atoms with E-state index >= 15 is 0 Å². The summed E-state index contributed by atoms with van der Waals surface area (Å²) in [6.07, 6.45) is 0. The van der Waals surface area contributed by atoms with Crippen LogP contribution in [-0.2, 0) is 15.5 Å². The summed E-state index contributed by atoms with van der Waals surface area (Å²) < 4.78 is 35.9. The number of pyridine rings is 1. The molecule has 0 fully saturated rings. The summed E-state index contributed by atoms with van der Waals surface area (Å²) in [5.74, 6) is -5.36. The van der Waals surface area contributed by atoms with Crippen LogP contribution < -0.4 is 4.74 Å². The standard InChI is InChI=1S/C10H11F2NO3/c1-3-16-9(14)10(11,12)7-5-4-6-8(13-7)15-2/h4-6H,3H2,1-2H3. The van der Waals surface area contributed by atoms with Crippen molar-refractivity contribution in [3.8, 4) is 5.88 Å². The van der Waals surface area contributed by atoms with E-state index in [0.717, 1.165) is 6.07 Å². The maximum Gasteiger partial charge on any atom is 0.384 e. The van der Waals surface area contributed by atoms with Crippen LogP contribution >= 0.6 is 0 Å². The predicted octanol–water partition coefficient (Wildman–Crippen LogP) is 1.75. The number of carbonyl (C=O) groups excluding carboxylic acids is 1. The molecule has 0 N–H and O–H groups in total. The number of rotatable bonds is 4. The summed E-state index contributed by atoms with van der Waals surface area (Å²) in [7, 11) is 1.30. The highest BCUT2D eigenvalue weighted by Gasteiger charge is 2.44. The van der Waals surface area contributed by atoms with Crippen LogP contribution in [0, 0.1) is 0 Å². The monoisotopic (exact) mass is 231 g/mol. The number of carbonyl (C=O) groups is 1. The minimum atomic E-state index is -3.76. The minimum absolute atomic E-state index is 0.0153. The van der Waals surface area contributed by atoms with Crippen LogP contribution in [0.1, 0.15) is 12.6 Å². The highest BCUT2D eigenvalue weighted by Crippen LogP contribution is 2.28. The van der Waals surface area contributed by atoms with E-state index < -0.39 is 17.6 Å². The third-order valence-electron chi connectivity index (χ3n) is 1.79. The van der Waals surface area contributed by atoms with Gasteiger partial charge in [-0.05, 0) is 13.0 Å². The Kier molecular flexibility index (Phi) is 3.76. The van der Waals surface area contributed by atoms with Gasteiger partial charge in [-0.3, -0.25) is 0 Å². The molecule has 1 heterocycles. The molecule has 0 atom stereocenters. The minimum Gasteiger partial charge on any atom is -0.481 e. The molecule has 6 heteroatoms. The molecule has 0 saturated carbocycles. The number of ether oxygens (including phenoxy) is 2. The first-order chi connectivity index (χ1) is 7.52. The number of esters is 1. The molecule has 0 unspecified atom stereocenters. The summed E-state index contributed by atoms with van der Waals surface area (Å²) >= 11 is 0. The van der Waals surface area contributed by atoms with Crippen molar-refractivity contribution in [1.29, 1.82) is 0 Å². The van der Waals surface area contributed by atoms with Gasteiger partial charge in [0.1, 0.15) is 5.69 Å². The molecule has 0 amide bonds. The Labute approximate surface area is 91.2 Å². The summed E-state index contributed by atoms with van der Waals surface area (Å²) in [5.41, 5.74) is -0.690. The zero-order valence-corrected chi connectivity index (χ0v) is 8.87. The second kappa shape index (κ2) is 4.87. The Morgan fingerprint density at radius 2 is 2.19 bits per heavy atom. The van der Waals surface area contributed by atoms with Gasteiger partial charge in [-0.25, -0.2) is 9.78 Å². The lowest BCUT2D eigenvalue weighted by Crippen LogP contribution is -2.29. The van der Waals surface area contributed by atoms with E-state index in [4.69, 9.17) is 4.74 Å². The molecule has 0 aliphatic rings. The van der Waals surface area contributed by atoms with Gasteiger partial charge in [0, 0.05) is 6.07 Å². The molecule has 0 aromatic carbocycles. The molecule has 0 spiro atoms. The second-order valence-electron chi connectivity index (χ2n) is 2.86. The quantitative estimate of drug-likeness (QED) is 0.740. The fourth-order valence-electron chi connectivity index (χ4n) is 1.03. The summed E-state index contributed by atoms with van der Waals surface area (Å²) in [6.45, 7) is 1.34. The normalized spacial score (nSPS) is 11.0. The zero-order chi connectivity index (χ0) is 12.2. The van der Waals surface area contributed by atoms with Crippen LogP contribution in [0.4, 0.5) is 8.78 Å². The number of alkyl halides is 2. The van der Waals surface area contributed by atoms with Gasteiger partial charge >= 0.3 is 11.9 Å². The Morgan fingerprint density at radius 1 is 1.50 bits per heavy atom. The van der Waals surface area contributed by atoms with Crippen LogP contribution in [-0.4, -0.2) is 24.7 Å². The zero-order valence-electron chi connectivity index (χ0n) is 8.87. The molecule has 0 aliphatic heterocycles. The maximum absolute atomic E-state index is 13.5. The molecule has 0 saturated heterocycles. The SMILES string of the molecule is CCOC(=O)C(F)(F)c1cccc(OC)n1. The number of nitrogens with zero attached hydrogens (tertiary/aromatic N) is 1. The molecule has 1 aromatic heterocycles. The molecule has 4 nitrogen and oxygen atoms in total. The molecular formula is C10H11F2NO3. The molecule has 1 aromatic rings. The Morgan fingerprint density at radius 3 is 2.75 bits per heavy atom. The van der Waals surface area contributed by atoms with Gasteiger partial charge in [0.05, 0.1) is 13.7 Å². The molecule has 1 rings (SSSR count). The van der Waals surface area contributed by atoms with E-state index in [2.05, 4.69) is 9.72 Å². The molecule has 16 heavy (non-hydrogen) atoms. The van der Waals surface area contributed by atoms with Crippen molar-refractivity contribution in [1.82, 2.24) is 4.98 Å². The third kappa shape index (κ3) is 2.44. The second-order valence-corrected chi connectivity index (χ2v) is 2.86. The summed E-state index contributed by atoms with van der Waals surface area (Å²) in [4.78, 5) is 14.5. The van der Waals surface area contributed by atoms with E-state index in [1.54, 1.807) is 0 Å². The fourth-order valence-corrected chi connectivity index (χ4v) is 1.03. The highest BCUT2D eigenvalue weighted by molar-refractivity contribution is 5.78. The smallest absolute Gasteiger partial charge is 0.384 e. The van der Waals surface area contributed by atoms with Crippen molar-refractivity contribution in [2.24, 2.45) is 0 Å². The first-order valence-corrected chi connectivity index (χ1v) is 4.59. The van der Waals surface area contributed by atoms with Crippen LogP contribution in [0.5, 0.6) is 5.88 Å². The lowest BCUT2D eigenvalue weighted by Gasteiger charge is -2.14. The van der Waals surface area contributed by atoms with E-state index in [-0.39, 0.29) is 12.5 Å². The first-order valence-electron chi connectivity index (χ1n) is 4.59. The highest BCUT2D eigenvalue weighted by atomic mass is 19.3. The Hall–Kier alpha value is -1.72. The molecule has 0 bridgehead atoms. The van der Waals surface area contributed by atoms with Gasteiger partial charge in [0.2, 0.25) is 5.88 Å². The van der Waals surface area contributed by atoms with Crippen LogP contribution in [0.25, 0.3) is 0 Å². The van der Waals surface area contributed by atoms with Crippen molar-refractivity contribution in [3.05, 3.63) is 23.9 Å².